The number of alkyl carbamates (subject to hydrolysis) is 1. The second-order valence-electron chi connectivity index (χ2n) is 12.0. The molecule has 44 heavy (non-hydrogen) atoms. The van der Waals surface area contributed by atoms with Crippen molar-refractivity contribution in [3.8, 4) is 23.0 Å². The number of aromatic nitrogens is 1. The van der Waals surface area contributed by atoms with Gasteiger partial charge in [0.2, 0.25) is 5.89 Å². The van der Waals surface area contributed by atoms with Crippen molar-refractivity contribution in [2.75, 3.05) is 33.4 Å². The minimum absolute atomic E-state index is 0.0224. The molecule has 1 saturated heterocycles. The molecule has 14 heteroatoms. The van der Waals surface area contributed by atoms with E-state index in [-0.39, 0.29) is 40.9 Å². The quantitative estimate of drug-likeness (QED) is 0.331. The maximum atomic E-state index is 13.4. The molecule has 2 aliphatic rings. The average molecular weight is 623 g/mol. The number of halogens is 2. The van der Waals surface area contributed by atoms with Crippen LogP contribution in [-0.2, 0) is 9.47 Å². The van der Waals surface area contributed by atoms with E-state index in [1.807, 2.05) is 0 Å². The smallest absolute Gasteiger partial charge is 0.409 e. The SMILES string of the molecule is COC(=O)N1CCC(CNC(=O)c2nc(-c3ccc(OC(F)F)c(OCC4CC4)c3)oc2C(C)NC(=O)OC(C)(C)C)CC1. The molecule has 0 spiro atoms. The van der Waals surface area contributed by atoms with Crippen LogP contribution >= 0.6 is 0 Å². The van der Waals surface area contributed by atoms with Crippen LogP contribution < -0.4 is 20.1 Å². The molecule has 242 valence electrons. The van der Waals surface area contributed by atoms with Crippen molar-refractivity contribution in [2.24, 2.45) is 11.8 Å². The van der Waals surface area contributed by atoms with Gasteiger partial charge in [0, 0.05) is 25.2 Å². The van der Waals surface area contributed by atoms with E-state index >= 15 is 0 Å². The van der Waals surface area contributed by atoms with E-state index in [0.29, 0.717) is 50.6 Å². The van der Waals surface area contributed by atoms with Gasteiger partial charge in [0.1, 0.15) is 5.60 Å². The normalized spacial score (nSPS) is 16.3. The summed E-state index contributed by atoms with van der Waals surface area (Å²) in [5.41, 5.74) is -0.444. The van der Waals surface area contributed by atoms with Gasteiger partial charge in [0.05, 0.1) is 19.8 Å². The van der Waals surface area contributed by atoms with E-state index in [0.717, 1.165) is 12.8 Å². The predicted molar refractivity (Wildman–Crippen MR) is 154 cm³/mol. The number of carbonyl (C=O) groups excluding carboxylic acids is 3. The molecule has 1 aliphatic heterocycles. The highest BCUT2D eigenvalue weighted by Crippen LogP contribution is 2.37. The summed E-state index contributed by atoms with van der Waals surface area (Å²) < 4.78 is 52.6. The van der Waals surface area contributed by atoms with Gasteiger partial charge in [-0.3, -0.25) is 4.79 Å². The monoisotopic (exact) mass is 622 g/mol. The first-order chi connectivity index (χ1) is 20.8. The van der Waals surface area contributed by atoms with Crippen LogP contribution in [0.2, 0.25) is 0 Å². The number of methoxy groups -OCH3 is 1. The summed E-state index contributed by atoms with van der Waals surface area (Å²) in [6.45, 7) is 5.47. The Balaban J connectivity index is 1.55. The van der Waals surface area contributed by atoms with Crippen molar-refractivity contribution < 1.29 is 46.5 Å². The van der Waals surface area contributed by atoms with Crippen molar-refractivity contribution >= 4 is 18.1 Å². The maximum Gasteiger partial charge on any atom is 0.409 e. The lowest BCUT2D eigenvalue weighted by Crippen LogP contribution is -2.41. The van der Waals surface area contributed by atoms with Crippen LogP contribution in [0.3, 0.4) is 0 Å². The third-order valence-corrected chi connectivity index (χ3v) is 7.17. The Kier molecular flexibility index (Phi) is 10.5. The van der Waals surface area contributed by atoms with Gasteiger partial charge in [-0.2, -0.15) is 8.78 Å². The molecule has 1 aliphatic carbocycles. The zero-order valence-corrected chi connectivity index (χ0v) is 25.6. The largest absolute Gasteiger partial charge is 0.489 e. The third kappa shape index (κ3) is 9.20. The number of hydrogen-bond donors (Lipinski definition) is 2. The van der Waals surface area contributed by atoms with E-state index in [4.69, 9.17) is 18.6 Å². The number of oxazole rings is 1. The second-order valence-corrected chi connectivity index (χ2v) is 12.0. The van der Waals surface area contributed by atoms with Crippen LogP contribution in [-0.4, -0.2) is 73.5 Å². The standard InChI is InChI=1S/C30H40F2N4O8/c1-17(34-28(38)44-30(2,3)4)24-23(25(37)33-15-18-10-12-36(13-11-18)29(39)40-5)35-26(43-24)20-8-9-21(42-27(31)32)22(14-20)41-16-19-6-7-19/h8-9,14,17-19,27H,6-7,10-13,15-16H2,1-5H3,(H,33,37)(H,34,38). The third-order valence-electron chi connectivity index (χ3n) is 7.17. The molecule has 2 aromatic rings. The highest BCUT2D eigenvalue weighted by molar-refractivity contribution is 5.94. The zero-order chi connectivity index (χ0) is 32.0. The number of likely N-dealkylation sites (tertiary alicyclic amines) is 1. The fourth-order valence-electron chi connectivity index (χ4n) is 4.67. The van der Waals surface area contributed by atoms with Crippen LogP contribution in [0.25, 0.3) is 11.5 Å². The second kappa shape index (κ2) is 14.1. The number of carbonyl (C=O) groups is 3. The van der Waals surface area contributed by atoms with E-state index in [1.165, 1.54) is 25.3 Å². The molecule has 2 fully saturated rings. The number of ether oxygens (including phenoxy) is 4. The molecule has 12 nitrogen and oxygen atoms in total. The molecule has 0 bridgehead atoms. The summed E-state index contributed by atoms with van der Waals surface area (Å²) in [6.07, 6.45) is 2.27. The number of hydrogen-bond acceptors (Lipinski definition) is 9. The van der Waals surface area contributed by atoms with Gasteiger partial charge in [-0.25, -0.2) is 14.6 Å². The lowest BCUT2D eigenvalue weighted by molar-refractivity contribution is -0.0515. The summed E-state index contributed by atoms with van der Waals surface area (Å²) in [5.74, 6) is 0.0262. The molecule has 4 rings (SSSR count). The molecule has 2 heterocycles. The van der Waals surface area contributed by atoms with Crippen molar-refractivity contribution in [1.82, 2.24) is 20.5 Å². The predicted octanol–water partition coefficient (Wildman–Crippen LogP) is 5.53. The van der Waals surface area contributed by atoms with Gasteiger partial charge in [-0.1, -0.05) is 0 Å². The zero-order valence-electron chi connectivity index (χ0n) is 25.6. The van der Waals surface area contributed by atoms with Crippen LogP contribution in [0.1, 0.15) is 75.7 Å². The van der Waals surface area contributed by atoms with Crippen LogP contribution in [0.15, 0.2) is 22.6 Å². The van der Waals surface area contributed by atoms with Gasteiger partial charge in [-0.05, 0) is 83.4 Å². The first kappa shape index (κ1) is 32.8. The number of nitrogens with one attached hydrogen (secondary N) is 2. The highest BCUT2D eigenvalue weighted by Gasteiger charge is 2.30. The van der Waals surface area contributed by atoms with Gasteiger partial charge in [0.25, 0.3) is 5.91 Å². The number of alkyl halides is 2. The maximum absolute atomic E-state index is 13.4. The Bertz CT molecular complexity index is 1320. The fraction of sp³-hybridized carbons (Fsp3) is 0.600. The Morgan fingerprint density at radius 2 is 1.80 bits per heavy atom. The van der Waals surface area contributed by atoms with Gasteiger partial charge in [0.15, 0.2) is 23.0 Å². The number of benzene rings is 1. The number of amides is 3. The van der Waals surface area contributed by atoms with Crippen LogP contribution in [0.5, 0.6) is 11.5 Å². The van der Waals surface area contributed by atoms with E-state index in [9.17, 15) is 23.2 Å². The number of piperidine rings is 1. The minimum atomic E-state index is -3.04. The summed E-state index contributed by atoms with van der Waals surface area (Å²) in [4.78, 5) is 43.8. The summed E-state index contributed by atoms with van der Waals surface area (Å²) in [7, 11) is 1.34. The van der Waals surface area contributed by atoms with Crippen molar-refractivity contribution in [3.63, 3.8) is 0 Å². The number of rotatable bonds is 11. The fourth-order valence-corrected chi connectivity index (χ4v) is 4.67. The molecule has 1 atom stereocenters. The Hall–Kier alpha value is -4.10. The van der Waals surface area contributed by atoms with E-state index in [2.05, 4.69) is 20.4 Å². The molecular weight excluding hydrogens is 582 g/mol. The van der Waals surface area contributed by atoms with E-state index in [1.54, 1.807) is 32.6 Å². The average Bonchev–Trinajstić information content (AvgIpc) is 3.68. The molecule has 0 radical (unpaired) electrons. The first-order valence-electron chi connectivity index (χ1n) is 14.7. The van der Waals surface area contributed by atoms with Crippen LogP contribution in [0.4, 0.5) is 18.4 Å². The van der Waals surface area contributed by atoms with Gasteiger partial charge >= 0.3 is 18.8 Å². The molecule has 1 aromatic heterocycles. The molecule has 1 unspecified atom stereocenters. The molecular formula is C30H40F2N4O8. The summed E-state index contributed by atoms with van der Waals surface area (Å²) in [6, 6.07) is 3.46. The molecule has 2 N–H and O–H groups in total. The van der Waals surface area contributed by atoms with Crippen molar-refractivity contribution in [3.05, 3.63) is 29.7 Å². The Labute approximate surface area is 254 Å². The van der Waals surface area contributed by atoms with Gasteiger partial charge < -0.3 is 38.9 Å². The summed E-state index contributed by atoms with van der Waals surface area (Å²) in [5, 5.41) is 5.56. The van der Waals surface area contributed by atoms with Crippen molar-refractivity contribution in [1.29, 1.82) is 0 Å². The van der Waals surface area contributed by atoms with E-state index < -0.39 is 30.3 Å². The lowest BCUT2D eigenvalue weighted by Gasteiger charge is -2.30. The molecule has 1 aromatic carbocycles. The van der Waals surface area contributed by atoms with Gasteiger partial charge in [-0.15, -0.1) is 0 Å². The lowest BCUT2D eigenvalue weighted by atomic mass is 9.97. The topological polar surface area (TPSA) is 141 Å². The highest BCUT2D eigenvalue weighted by atomic mass is 19.3. The number of nitrogens with zero attached hydrogens (tertiary/aromatic N) is 2. The molecule has 1 saturated carbocycles. The van der Waals surface area contributed by atoms with Crippen molar-refractivity contribution in [2.45, 2.75) is 71.6 Å². The summed E-state index contributed by atoms with van der Waals surface area (Å²) >= 11 is 0. The Morgan fingerprint density at radius 3 is 2.41 bits per heavy atom. The minimum Gasteiger partial charge on any atom is -0.489 e. The first-order valence-corrected chi connectivity index (χ1v) is 14.7. The van der Waals surface area contributed by atoms with Crippen LogP contribution in [0, 0.1) is 11.8 Å². The Morgan fingerprint density at radius 1 is 1.09 bits per heavy atom. The molecule has 3 amide bonds.